The Labute approximate surface area is 229 Å². The largest absolute Gasteiger partial charge is 0.508 e. The highest BCUT2D eigenvalue weighted by Crippen LogP contribution is 2.36. The van der Waals surface area contributed by atoms with Crippen molar-refractivity contribution in [2.45, 2.75) is 27.2 Å². The van der Waals surface area contributed by atoms with Gasteiger partial charge in [0.2, 0.25) is 5.91 Å². The summed E-state index contributed by atoms with van der Waals surface area (Å²) in [6.45, 7) is 6.06. The predicted molar refractivity (Wildman–Crippen MR) is 154 cm³/mol. The van der Waals surface area contributed by atoms with Crippen molar-refractivity contribution in [1.82, 2.24) is 25.1 Å². The van der Waals surface area contributed by atoms with Crippen LogP contribution in [0.25, 0.3) is 55.6 Å². The number of carbonyl (C=O) groups excluding carboxylic acids is 1. The van der Waals surface area contributed by atoms with Crippen LogP contribution in [0.3, 0.4) is 0 Å². The van der Waals surface area contributed by atoms with E-state index in [1.165, 1.54) is 6.07 Å². The van der Waals surface area contributed by atoms with Crippen LogP contribution in [0.5, 0.6) is 5.75 Å². The molecule has 0 aliphatic carbocycles. The van der Waals surface area contributed by atoms with Crippen LogP contribution in [0.4, 0.5) is 10.1 Å². The Bertz CT molecular complexity index is 1880. The molecule has 0 saturated carbocycles. The van der Waals surface area contributed by atoms with Gasteiger partial charge in [-0.2, -0.15) is 5.10 Å². The Morgan fingerprint density at radius 2 is 1.80 bits per heavy atom. The van der Waals surface area contributed by atoms with E-state index in [-0.39, 0.29) is 17.1 Å². The van der Waals surface area contributed by atoms with Gasteiger partial charge in [-0.3, -0.25) is 14.9 Å². The number of fused-ring (bicyclic) bond motifs is 2. The SMILES string of the molecule is CC(C)(C)CC(=O)Nc1cncc(-c2cnc3[nH]nc(-c4cc5c(-c6cc(O)cc(F)c6)cccc5[nH]4)c3c2)c1. The summed E-state index contributed by atoms with van der Waals surface area (Å²) in [5.41, 5.74) is 6.38. The molecular formula is C31H27FN6O2. The van der Waals surface area contributed by atoms with Crippen LogP contribution in [-0.4, -0.2) is 36.2 Å². The van der Waals surface area contributed by atoms with Gasteiger partial charge in [0.1, 0.15) is 17.3 Å². The Morgan fingerprint density at radius 1 is 0.975 bits per heavy atom. The number of aromatic hydroxyl groups is 1. The van der Waals surface area contributed by atoms with E-state index in [0.717, 1.165) is 44.7 Å². The molecule has 6 aromatic rings. The number of pyridine rings is 2. The maximum atomic E-state index is 14.0. The highest BCUT2D eigenvalue weighted by Gasteiger charge is 2.18. The first-order valence-electron chi connectivity index (χ1n) is 12.8. The number of phenols is 1. The van der Waals surface area contributed by atoms with Gasteiger partial charge in [-0.1, -0.05) is 32.9 Å². The van der Waals surface area contributed by atoms with E-state index in [9.17, 15) is 14.3 Å². The minimum absolute atomic E-state index is 0.0659. The third-order valence-corrected chi connectivity index (χ3v) is 6.58. The van der Waals surface area contributed by atoms with Gasteiger partial charge in [0, 0.05) is 52.3 Å². The molecule has 0 saturated heterocycles. The number of halogens is 1. The topological polar surface area (TPSA) is 120 Å². The molecule has 2 aromatic carbocycles. The average Bonchev–Trinajstić information content (AvgIpc) is 3.50. The maximum absolute atomic E-state index is 14.0. The Balaban J connectivity index is 1.37. The highest BCUT2D eigenvalue weighted by molar-refractivity contribution is 6.01. The highest BCUT2D eigenvalue weighted by atomic mass is 19.1. The van der Waals surface area contributed by atoms with Gasteiger partial charge < -0.3 is 15.4 Å². The quantitative estimate of drug-likeness (QED) is 0.189. The smallest absolute Gasteiger partial charge is 0.224 e. The number of phenolic OH excluding ortho intramolecular Hbond substituents is 1. The number of H-pyrrole nitrogens is 2. The molecule has 6 rings (SSSR count). The Morgan fingerprint density at radius 3 is 2.60 bits per heavy atom. The number of nitrogens with one attached hydrogen (secondary N) is 3. The fraction of sp³-hybridized carbons (Fsp3) is 0.161. The Hall–Kier alpha value is -5.05. The van der Waals surface area contributed by atoms with Crippen molar-refractivity contribution in [3.8, 4) is 39.4 Å². The van der Waals surface area contributed by atoms with Crippen LogP contribution in [0.1, 0.15) is 27.2 Å². The number of aromatic amines is 2. The molecule has 200 valence electrons. The Kier molecular flexibility index (Phi) is 6.06. The molecule has 0 spiro atoms. The molecule has 0 aliphatic heterocycles. The van der Waals surface area contributed by atoms with Gasteiger partial charge in [0.15, 0.2) is 5.65 Å². The molecule has 4 N–H and O–H groups in total. The minimum atomic E-state index is -0.507. The van der Waals surface area contributed by atoms with E-state index in [1.807, 2.05) is 57.2 Å². The number of carbonyl (C=O) groups is 1. The number of hydrogen-bond donors (Lipinski definition) is 4. The molecule has 0 unspecified atom stereocenters. The molecule has 40 heavy (non-hydrogen) atoms. The van der Waals surface area contributed by atoms with Gasteiger partial charge in [-0.05, 0) is 52.9 Å². The van der Waals surface area contributed by atoms with Gasteiger partial charge in [0.25, 0.3) is 0 Å². The zero-order valence-electron chi connectivity index (χ0n) is 22.2. The molecule has 8 nitrogen and oxygen atoms in total. The zero-order valence-corrected chi connectivity index (χ0v) is 22.2. The second-order valence-electron chi connectivity index (χ2n) is 11.1. The molecule has 4 aromatic heterocycles. The van der Waals surface area contributed by atoms with E-state index < -0.39 is 5.82 Å². The number of aromatic nitrogens is 5. The zero-order chi connectivity index (χ0) is 28.0. The van der Waals surface area contributed by atoms with Crippen molar-refractivity contribution in [3.05, 3.63) is 79.0 Å². The van der Waals surface area contributed by atoms with Crippen LogP contribution in [0.2, 0.25) is 0 Å². The lowest BCUT2D eigenvalue weighted by molar-refractivity contribution is -0.117. The molecule has 0 aliphatic rings. The summed E-state index contributed by atoms with van der Waals surface area (Å²) in [4.78, 5) is 24.7. The summed E-state index contributed by atoms with van der Waals surface area (Å²) < 4.78 is 14.0. The fourth-order valence-corrected chi connectivity index (χ4v) is 4.88. The molecule has 0 radical (unpaired) electrons. The van der Waals surface area contributed by atoms with Gasteiger partial charge in [-0.25, -0.2) is 9.37 Å². The maximum Gasteiger partial charge on any atom is 0.224 e. The van der Waals surface area contributed by atoms with Gasteiger partial charge in [0.05, 0.1) is 17.6 Å². The van der Waals surface area contributed by atoms with Crippen molar-refractivity contribution in [2.24, 2.45) is 5.41 Å². The molecular weight excluding hydrogens is 507 g/mol. The predicted octanol–water partition coefficient (Wildman–Crippen LogP) is 7.05. The first-order chi connectivity index (χ1) is 19.1. The third-order valence-electron chi connectivity index (χ3n) is 6.58. The summed E-state index contributed by atoms with van der Waals surface area (Å²) in [5, 5.41) is 22.1. The molecule has 1 amide bonds. The van der Waals surface area contributed by atoms with E-state index in [1.54, 1.807) is 24.7 Å². The van der Waals surface area contributed by atoms with Crippen LogP contribution < -0.4 is 5.32 Å². The monoisotopic (exact) mass is 534 g/mol. The van der Waals surface area contributed by atoms with Crippen molar-refractivity contribution in [1.29, 1.82) is 0 Å². The number of benzene rings is 2. The number of anilines is 1. The molecule has 0 atom stereocenters. The lowest BCUT2D eigenvalue weighted by Crippen LogP contribution is -2.19. The lowest BCUT2D eigenvalue weighted by Gasteiger charge is -2.17. The second-order valence-corrected chi connectivity index (χ2v) is 11.1. The number of nitrogens with zero attached hydrogens (tertiary/aromatic N) is 3. The van der Waals surface area contributed by atoms with Crippen LogP contribution in [0.15, 0.2) is 73.2 Å². The summed E-state index contributed by atoms with van der Waals surface area (Å²) in [7, 11) is 0. The molecule has 0 fully saturated rings. The van der Waals surface area contributed by atoms with Crippen molar-refractivity contribution in [3.63, 3.8) is 0 Å². The first-order valence-corrected chi connectivity index (χ1v) is 12.8. The summed E-state index contributed by atoms with van der Waals surface area (Å²) in [6, 6.07) is 15.5. The van der Waals surface area contributed by atoms with E-state index in [2.05, 4.69) is 30.5 Å². The number of hydrogen-bond acceptors (Lipinski definition) is 5. The fourth-order valence-electron chi connectivity index (χ4n) is 4.88. The minimum Gasteiger partial charge on any atom is -0.508 e. The van der Waals surface area contributed by atoms with Crippen molar-refractivity contribution < 1.29 is 14.3 Å². The van der Waals surface area contributed by atoms with Crippen LogP contribution >= 0.6 is 0 Å². The van der Waals surface area contributed by atoms with E-state index >= 15 is 0 Å². The third kappa shape index (κ3) is 5.01. The molecule has 0 bridgehead atoms. The van der Waals surface area contributed by atoms with Gasteiger partial charge >= 0.3 is 0 Å². The number of rotatable bonds is 5. The first kappa shape index (κ1) is 25.2. The van der Waals surface area contributed by atoms with Gasteiger partial charge in [-0.15, -0.1) is 0 Å². The molecule has 9 heteroatoms. The van der Waals surface area contributed by atoms with Crippen molar-refractivity contribution >= 4 is 33.5 Å². The number of amides is 1. The average molecular weight is 535 g/mol. The van der Waals surface area contributed by atoms with Crippen LogP contribution in [0, 0.1) is 11.2 Å². The second kappa shape index (κ2) is 9.60. The molecule has 4 heterocycles. The summed E-state index contributed by atoms with van der Waals surface area (Å²) in [6.07, 6.45) is 5.49. The van der Waals surface area contributed by atoms with Crippen LogP contribution in [-0.2, 0) is 4.79 Å². The van der Waals surface area contributed by atoms with E-state index in [4.69, 9.17) is 0 Å². The lowest BCUT2D eigenvalue weighted by atomic mass is 9.92. The standard InChI is InChI=1S/C31H27FN6O2/c1-31(2,3)13-28(40)35-21-8-18(14-33-16-21)19-10-25-29(37-38-30(25)34-15-19)27-12-24-23(5-4-6-26(24)36-27)17-7-20(32)11-22(39)9-17/h4-12,14-16,36,39H,13H2,1-3H3,(H,35,40)(H,34,37,38). The summed E-state index contributed by atoms with van der Waals surface area (Å²) in [5.74, 6) is -0.706. The summed E-state index contributed by atoms with van der Waals surface area (Å²) >= 11 is 0. The normalized spacial score (nSPS) is 11.8. The van der Waals surface area contributed by atoms with Crippen molar-refractivity contribution in [2.75, 3.05) is 5.32 Å². The van der Waals surface area contributed by atoms with E-state index in [0.29, 0.717) is 29.0 Å².